The Morgan fingerprint density at radius 3 is 2.54 bits per heavy atom. The van der Waals surface area contributed by atoms with Crippen molar-refractivity contribution in [3.63, 3.8) is 0 Å². The molecule has 1 heterocycles. The minimum atomic E-state index is 0.450. The molecule has 0 amide bonds. The molecule has 4 heteroatoms. The molecule has 1 saturated heterocycles. The maximum Gasteiger partial charge on any atom is 0.171 e. The van der Waals surface area contributed by atoms with E-state index in [2.05, 4.69) is 60.0 Å². The Bertz CT molecular complexity index is 666. The van der Waals surface area contributed by atoms with Crippen molar-refractivity contribution in [2.45, 2.75) is 25.8 Å². The number of likely N-dealkylation sites (tertiary alicyclic amines) is 1. The highest BCUT2D eigenvalue weighted by molar-refractivity contribution is 7.80. The number of nitrogens with one attached hydrogen (secondary N) is 3. The molecular weight excluding hydrogens is 314 g/mol. The summed E-state index contributed by atoms with van der Waals surface area (Å²) < 4.78 is 0. The van der Waals surface area contributed by atoms with E-state index in [1.807, 2.05) is 12.1 Å². The summed E-state index contributed by atoms with van der Waals surface area (Å²) >= 11 is 5.49. The summed E-state index contributed by atoms with van der Waals surface area (Å²) in [7, 11) is 0. The van der Waals surface area contributed by atoms with Crippen LogP contribution in [0.4, 0.5) is 5.69 Å². The van der Waals surface area contributed by atoms with Gasteiger partial charge in [-0.25, -0.2) is 0 Å². The van der Waals surface area contributed by atoms with E-state index < -0.39 is 0 Å². The van der Waals surface area contributed by atoms with E-state index in [0.29, 0.717) is 11.2 Å². The Labute approximate surface area is 150 Å². The topological polar surface area (TPSA) is 28.5 Å². The van der Waals surface area contributed by atoms with Gasteiger partial charge in [0.2, 0.25) is 0 Å². The fourth-order valence-electron chi connectivity index (χ4n) is 3.45. The van der Waals surface area contributed by atoms with E-state index in [1.54, 1.807) is 4.90 Å². The molecule has 3 N–H and O–H groups in total. The highest BCUT2D eigenvalue weighted by Gasteiger charge is 2.27. The van der Waals surface area contributed by atoms with Gasteiger partial charge in [0.15, 0.2) is 5.11 Å². The van der Waals surface area contributed by atoms with Crippen molar-refractivity contribution in [3.05, 3.63) is 65.7 Å². The summed E-state index contributed by atoms with van der Waals surface area (Å²) in [5.41, 5.74) is 3.66. The van der Waals surface area contributed by atoms with Crippen LogP contribution in [0.1, 0.15) is 30.0 Å². The number of rotatable bonds is 5. The smallest absolute Gasteiger partial charge is 0.171 e. The van der Waals surface area contributed by atoms with Crippen LogP contribution in [0, 0.1) is 6.92 Å². The molecule has 0 spiro atoms. The molecule has 24 heavy (non-hydrogen) atoms. The van der Waals surface area contributed by atoms with Crippen LogP contribution in [-0.4, -0.2) is 24.7 Å². The zero-order chi connectivity index (χ0) is 16.8. The van der Waals surface area contributed by atoms with Crippen molar-refractivity contribution in [2.75, 3.05) is 25.0 Å². The van der Waals surface area contributed by atoms with E-state index in [4.69, 9.17) is 12.2 Å². The maximum absolute atomic E-state index is 5.49. The first-order valence-corrected chi connectivity index (χ1v) is 9.14. The number of hydrogen-bond acceptors (Lipinski definition) is 1. The van der Waals surface area contributed by atoms with Crippen molar-refractivity contribution in [3.8, 4) is 0 Å². The van der Waals surface area contributed by atoms with Gasteiger partial charge in [0, 0.05) is 24.1 Å². The highest BCUT2D eigenvalue weighted by atomic mass is 32.1. The lowest BCUT2D eigenvalue weighted by Gasteiger charge is -2.26. The summed E-state index contributed by atoms with van der Waals surface area (Å²) in [5.74, 6) is 0. The Kier molecular flexibility index (Phi) is 5.83. The van der Waals surface area contributed by atoms with Gasteiger partial charge in [0.1, 0.15) is 6.04 Å². The average molecular weight is 341 g/mol. The number of anilines is 1. The summed E-state index contributed by atoms with van der Waals surface area (Å²) in [5, 5.41) is 7.41. The summed E-state index contributed by atoms with van der Waals surface area (Å²) in [6.07, 6.45) is 2.65. The molecule has 3 nitrogen and oxygen atoms in total. The number of hydrogen-bond donors (Lipinski definition) is 3. The first-order chi connectivity index (χ1) is 11.7. The van der Waals surface area contributed by atoms with Gasteiger partial charge in [-0.2, -0.15) is 0 Å². The van der Waals surface area contributed by atoms with E-state index in [9.17, 15) is 0 Å². The monoisotopic (exact) mass is 340 g/mol. The third kappa shape index (κ3) is 4.56. The van der Waals surface area contributed by atoms with Gasteiger partial charge in [0.25, 0.3) is 0 Å². The Hall–Kier alpha value is -1.91. The summed E-state index contributed by atoms with van der Waals surface area (Å²) in [6, 6.07) is 19.5. The third-order valence-corrected chi connectivity index (χ3v) is 4.93. The van der Waals surface area contributed by atoms with Gasteiger partial charge in [0.05, 0.1) is 19.6 Å². The van der Waals surface area contributed by atoms with E-state index >= 15 is 0 Å². The molecule has 126 valence electrons. The van der Waals surface area contributed by atoms with Gasteiger partial charge < -0.3 is 15.5 Å². The number of aryl methyl sites for hydroxylation is 1. The third-order valence-electron chi connectivity index (χ3n) is 4.68. The fourth-order valence-corrected chi connectivity index (χ4v) is 3.65. The Morgan fingerprint density at radius 2 is 1.83 bits per heavy atom. The van der Waals surface area contributed by atoms with Crippen molar-refractivity contribution in [2.24, 2.45) is 0 Å². The minimum absolute atomic E-state index is 0.450. The van der Waals surface area contributed by atoms with Gasteiger partial charge in [-0.1, -0.05) is 42.5 Å². The Morgan fingerprint density at radius 1 is 1.08 bits per heavy atom. The van der Waals surface area contributed by atoms with Gasteiger partial charge in [-0.15, -0.1) is 0 Å². The summed E-state index contributed by atoms with van der Waals surface area (Å²) in [4.78, 5) is 1.66. The first kappa shape index (κ1) is 16.9. The van der Waals surface area contributed by atoms with Crippen LogP contribution in [0.5, 0.6) is 0 Å². The molecule has 1 atom stereocenters. The molecule has 2 aromatic carbocycles. The Balaban J connectivity index is 1.61. The van der Waals surface area contributed by atoms with Crippen LogP contribution in [0.2, 0.25) is 0 Å². The largest absolute Gasteiger partial charge is 0.356 e. The molecule has 1 aliphatic rings. The van der Waals surface area contributed by atoms with Crippen molar-refractivity contribution in [1.82, 2.24) is 5.32 Å². The number of quaternary nitrogens is 1. The lowest BCUT2D eigenvalue weighted by atomic mass is 10.1. The SMILES string of the molecule is Cc1cccc(NC(=S)NC[C@H](c2ccccc2)[NH+]2CCCC2)c1. The van der Waals surface area contributed by atoms with Crippen LogP contribution in [0.25, 0.3) is 0 Å². The van der Waals surface area contributed by atoms with Gasteiger partial charge >= 0.3 is 0 Å². The van der Waals surface area contributed by atoms with E-state index in [1.165, 1.54) is 37.1 Å². The van der Waals surface area contributed by atoms with Crippen molar-refractivity contribution >= 4 is 23.0 Å². The van der Waals surface area contributed by atoms with Gasteiger partial charge in [-0.3, -0.25) is 0 Å². The second-order valence-electron chi connectivity index (χ2n) is 6.53. The minimum Gasteiger partial charge on any atom is -0.356 e. The normalized spacial score (nSPS) is 15.9. The predicted molar refractivity (Wildman–Crippen MR) is 105 cm³/mol. The first-order valence-electron chi connectivity index (χ1n) is 8.73. The molecule has 0 unspecified atom stereocenters. The quantitative estimate of drug-likeness (QED) is 0.731. The van der Waals surface area contributed by atoms with E-state index in [-0.39, 0.29) is 0 Å². The van der Waals surface area contributed by atoms with Crippen LogP contribution >= 0.6 is 12.2 Å². The second kappa shape index (κ2) is 8.27. The maximum atomic E-state index is 5.49. The number of benzene rings is 2. The molecule has 0 bridgehead atoms. The lowest BCUT2D eigenvalue weighted by molar-refractivity contribution is -0.918. The zero-order valence-corrected chi connectivity index (χ0v) is 15.0. The van der Waals surface area contributed by atoms with E-state index in [0.717, 1.165) is 12.2 Å². The van der Waals surface area contributed by atoms with Crippen LogP contribution in [-0.2, 0) is 0 Å². The molecule has 0 aliphatic carbocycles. The molecule has 1 aliphatic heterocycles. The predicted octanol–water partition coefficient (Wildman–Crippen LogP) is 2.70. The summed E-state index contributed by atoms with van der Waals surface area (Å²) in [6.45, 7) is 5.44. The van der Waals surface area contributed by atoms with Crippen LogP contribution in [0.15, 0.2) is 54.6 Å². The number of thiocarbonyl (C=S) groups is 1. The molecular formula is C20H26N3S+. The average Bonchev–Trinajstić information content (AvgIpc) is 3.10. The van der Waals surface area contributed by atoms with Crippen molar-refractivity contribution < 1.29 is 4.90 Å². The molecule has 3 rings (SSSR count). The molecule has 0 saturated carbocycles. The van der Waals surface area contributed by atoms with Crippen LogP contribution < -0.4 is 15.5 Å². The van der Waals surface area contributed by atoms with Crippen molar-refractivity contribution in [1.29, 1.82) is 0 Å². The standard InChI is InChI=1S/C20H25N3S/c1-16-8-7-11-18(14-16)22-20(24)21-15-19(23-12-5-6-13-23)17-9-3-2-4-10-17/h2-4,7-11,14,19H,5-6,12-13,15H2,1H3,(H2,21,22,24)/p+1/t19-/m1/s1. The fraction of sp³-hybridized carbons (Fsp3) is 0.350. The highest BCUT2D eigenvalue weighted by Crippen LogP contribution is 2.12. The zero-order valence-electron chi connectivity index (χ0n) is 14.2. The molecule has 0 aromatic heterocycles. The van der Waals surface area contributed by atoms with Crippen LogP contribution in [0.3, 0.4) is 0 Å². The molecule has 0 radical (unpaired) electrons. The molecule has 2 aromatic rings. The second-order valence-corrected chi connectivity index (χ2v) is 6.94. The molecule has 1 fully saturated rings. The van der Waals surface area contributed by atoms with Gasteiger partial charge in [-0.05, 0) is 36.8 Å². The lowest BCUT2D eigenvalue weighted by Crippen LogP contribution is -3.11.